The highest BCUT2D eigenvalue weighted by atomic mass is 79.9. The molecule has 0 spiro atoms. The van der Waals surface area contributed by atoms with E-state index >= 15 is 0 Å². The first-order chi connectivity index (χ1) is 9.49. The number of rotatable bonds is 1. The van der Waals surface area contributed by atoms with E-state index in [0.717, 1.165) is 10.0 Å². The molecule has 1 aromatic rings. The number of ketones is 1. The number of carbonyl (C=O) groups excluding carboxylic acids is 2. The number of halogens is 2. The van der Waals surface area contributed by atoms with Crippen LogP contribution in [0.15, 0.2) is 16.6 Å². The van der Waals surface area contributed by atoms with Crippen molar-refractivity contribution in [3.05, 3.63) is 32.8 Å². The number of esters is 1. The normalized spacial score (nSPS) is 23.9. The monoisotopic (exact) mass is 372 g/mol. The van der Waals surface area contributed by atoms with Crippen molar-refractivity contribution in [2.75, 3.05) is 0 Å². The second-order valence-corrected chi connectivity index (χ2v) is 7.79. The largest absolute Gasteiger partial charge is 0.458 e. The van der Waals surface area contributed by atoms with E-state index < -0.39 is 22.9 Å². The fourth-order valence-electron chi connectivity index (χ4n) is 2.53. The molecule has 21 heavy (non-hydrogen) atoms. The Morgan fingerprint density at radius 3 is 2.29 bits per heavy atom. The second-order valence-electron chi connectivity index (χ2n) is 6.47. The van der Waals surface area contributed by atoms with Gasteiger partial charge >= 0.3 is 5.97 Å². The van der Waals surface area contributed by atoms with Crippen LogP contribution in [0, 0.1) is 12.3 Å². The van der Waals surface area contributed by atoms with Crippen LogP contribution in [0.3, 0.4) is 0 Å². The fourth-order valence-corrected chi connectivity index (χ4v) is 3.61. The summed E-state index contributed by atoms with van der Waals surface area (Å²) in [6.07, 6.45) is 0. The lowest BCUT2D eigenvalue weighted by molar-refractivity contribution is -0.187. The zero-order valence-corrected chi connectivity index (χ0v) is 15.1. The average Bonchev–Trinajstić information content (AvgIpc) is 2.30. The highest BCUT2D eigenvalue weighted by molar-refractivity contribution is 9.10. The molecule has 1 saturated heterocycles. The number of hydrogen-bond acceptors (Lipinski definition) is 3. The molecule has 0 N–H and O–H groups in total. The van der Waals surface area contributed by atoms with Crippen LogP contribution in [0.4, 0.5) is 0 Å². The van der Waals surface area contributed by atoms with Crippen LogP contribution < -0.4 is 0 Å². The first kappa shape index (κ1) is 16.5. The van der Waals surface area contributed by atoms with E-state index in [4.69, 9.17) is 16.3 Å². The molecule has 5 heteroatoms. The lowest BCUT2D eigenvalue weighted by atomic mass is 9.66. The van der Waals surface area contributed by atoms with Crippen molar-refractivity contribution in [3.63, 3.8) is 0 Å². The molecule has 0 bridgehead atoms. The van der Waals surface area contributed by atoms with Gasteiger partial charge in [-0.15, -0.1) is 0 Å². The molecule has 3 nitrogen and oxygen atoms in total. The molecule has 1 atom stereocenters. The van der Waals surface area contributed by atoms with E-state index in [-0.39, 0.29) is 5.78 Å². The van der Waals surface area contributed by atoms with E-state index in [1.54, 1.807) is 33.8 Å². The van der Waals surface area contributed by atoms with Gasteiger partial charge in [0.25, 0.3) is 0 Å². The minimum atomic E-state index is -0.964. The van der Waals surface area contributed by atoms with Crippen molar-refractivity contribution < 1.29 is 14.3 Å². The molecule has 0 radical (unpaired) electrons. The number of carbonyl (C=O) groups is 2. The smallest absolute Gasteiger partial charge is 0.321 e. The molecule has 1 aliphatic rings. The summed E-state index contributed by atoms with van der Waals surface area (Å²) in [6, 6.07) is 3.53. The maximum absolute atomic E-state index is 12.9. The van der Waals surface area contributed by atoms with Crippen LogP contribution in [0.5, 0.6) is 0 Å². The van der Waals surface area contributed by atoms with Crippen molar-refractivity contribution in [2.24, 2.45) is 5.41 Å². The number of Topliss-reactive ketones (excluding diaryl/α,β-unsaturated/α-hetero) is 1. The molecular formula is C16H18BrClO3. The standard InChI is InChI=1S/C16H18BrClO3/c1-8-6-9(17)7-10(18)11(8)12-13(19)15(2,3)16(4,5)21-14(12)20/h6-7,12H,1-5H3. The van der Waals surface area contributed by atoms with Crippen molar-refractivity contribution in [2.45, 2.75) is 46.1 Å². The Morgan fingerprint density at radius 2 is 1.76 bits per heavy atom. The molecule has 1 unspecified atom stereocenters. The Bertz CT molecular complexity index is 611. The van der Waals surface area contributed by atoms with Gasteiger partial charge < -0.3 is 4.74 Å². The summed E-state index contributed by atoms with van der Waals surface area (Å²) in [7, 11) is 0. The van der Waals surface area contributed by atoms with Gasteiger partial charge in [-0.1, -0.05) is 27.5 Å². The highest BCUT2D eigenvalue weighted by Gasteiger charge is 2.56. The second kappa shape index (κ2) is 5.10. The summed E-state index contributed by atoms with van der Waals surface area (Å²) >= 11 is 9.63. The van der Waals surface area contributed by atoms with Crippen molar-refractivity contribution in [1.82, 2.24) is 0 Å². The summed E-state index contributed by atoms with van der Waals surface area (Å²) < 4.78 is 6.35. The minimum Gasteiger partial charge on any atom is -0.458 e. The van der Waals surface area contributed by atoms with Gasteiger partial charge in [0.2, 0.25) is 0 Å². The Kier molecular flexibility index (Phi) is 4.00. The third-order valence-corrected chi connectivity index (χ3v) is 5.34. The summed E-state index contributed by atoms with van der Waals surface area (Å²) in [5.41, 5.74) is -0.291. The summed E-state index contributed by atoms with van der Waals surface area (Å²) in [5.74, 6) is -1.65. The van der Waals surface area contributed by atoms with Crippen LogP contribution in [0.2, 0.25) is 5.02 Å². The Labute approximate surface area is 138 Å². The molecule has 0 saturated carbocycles. The number of aryl methyl sites for hydroxylation is 1. The number of cyclic esters (lactones) is 1. The summed E-state index contributed by atoms with van der Waals surface area (Å²) in [4.78, 5) is 25.3. The average molecular weight is 374 g/mol. The van der Waals surface area contributed by atoms with Crippen molar-refractivity contribution >= 4 is 39.3 Å². The molecule has 2 rings (SSSR count). The fraction of sp³-hybridized carbons (Fsp3) is 0.500. The molecule has 1 aliphatic heterocycles. The summed E-state index contributed by atoms with van der Waals surface area (Å²) in [5, 5.41) is 0.396. The molecule has 0 aromatic heterocycles. The van der Waals surface area contributed by atoms with Crippen molar-refractivity contribution in [3.8, 4) is 0 Å². The van der Waals surface area contributed by atoms with Crippen LogP contribution in [-0.4, -0.2) is 17.4 Å². The molecular weight excluding hydrogens is 356 g/mol. The molecule has 0 amide bonds. The Hall–Kier alpha value is -0.870. The minimum absolute atomic E-state index is 0.156. The van der Waals surface area contributed by atoms with E-state index in [2.05, 4.69) is 15.9 Å². The molecule has 0 aliphatic carbocycles. The van der Waals surface area contributed by atoms with Gasteiger partial charge in [-0.25, -0.2) is 0 Å². The SMILES string of the molecule is Cc1cc(Br)cc(Cl)c1C1C(=O)OC(C)(C)C(C)(C)C1=O. The lowest BCUT2D eigenvalue weighted by Crippen LogP contribution is -2.56. The maximum atomic E-state index is 12.9. The third-order valence-electron chi connectivity index (χ3n) is 4.56. The van der Waals surface area contributed by atoms with Crippen LogP contribution in [0.1, 0.15) is 44.7 Å². The Balaban J connectivity index is 2.60. The quantitative estimate of drug-likeness (QED) is 0.540. The summed E-state index contributed by atoms with van der Waals surface area (Å²) in [6.45, 7) is 8.96. The van der Waals surface area contributed by atoms with Crippen LogP contribution >= 0.6 is 27.5 Å². The molecule has 1 aromatic carbocycles. The first-order valence-corrected chi connectivity index (χ1v) is 7.89. The molecule has 1 heterocycles. The van der Waals surface area contributed by atoms with E-state index in [1.807, 2.05) is 13.0 Å². The van der Waals surface area contributed by atoms with Gasteiger partial charge in [0.05, 0.1) is 5.41 Å². The third kappa shape index (κ3) is 2.53. The molecule has 1 fully saturated rings. The Morgan fingerprint density at radius 1 is 1.19 bits per heavy atom. The number of hydrogen-bond donors (Lipinski definition) is 0. The lowest BCUT2D eigenvalue weighted by Gasteiger charge is -2.46. The van der Waals surface area contributed by atoms with E-state index in [0.29, 0.717) is 10.6 Å². The first-order valence-electron chi connectivity index (χ1n) is 6.72. The zero-order chi connectivity index (χ0) is 16.2. The number of benzene rings is 1. The molecule has 114 valence electrons. The van der Waals surface area contributed by atoms with Crippen LogP contribution in [0.25, 0.3) is 0 Å². The zero-order valence-electron chi connectivity index (χ0n) is 12.7. The van der Waals surface area contributed by atoms with Gasteiger partial charge in [-0.2, -0.15) is 0 Å². The van der Waals surface area contributed by atoms with Gasteiger partial charge in [0.1, 0.15) is 11.5 Å². The van der Waals surface area contributed by atoms with Gasteiger partial charge in [-0.05, 0) is 57.9 Å². The maximum Gasteiger partial charge on any atom is 0.321 e. The predicted molar refractivity (Wildman–Crippen MR) is 85.6 cm³/mol. The van der Waals surface area contributed by atoms with Gasteiger partial charge in [0, 0.05) is 9.50 Å². The van der Waals surface area contributed by atoms with E-state index in [1.165, 1.54) is 0 Å². The van der Waals surface area contributed by atoms with Crippen LogP contribution in [-0.2, 0) is 14.3 Å². The van der Waals surface area contributed by atoms with Crippen molar-refractivity contribution in [1.29, 1.82) is 0 Å². The predicted octanol–water partition coefficient (Wildman–Crippen LogP) is 4.43. The topological polar surface area (TPSA) is 43.4 Å². The highest BCUT2D eigenvalue weighted by Crippen LogP contribution is 2.46. The van der Waals surface area contributed by atoms with E-state index in [9.17, 15) is 9.59 Å². The van der Waals surface area contributed by atoms with Gasteiger partial charge in [-0.3, -0.25) is 9.59 Å². The number of ether oxygens (including phenoxy) is 1. The van der Waals surface area contributed by atoms with Gasteiger partial charge in [0.15, 0.2) is 5.78 Å².